The predicted molar refractivity (Wildman–Crippen MR) is 90.3 cm³/mol. The van der Waals surface area contributed by atoms with Gasteiger partial charge >= 0.3 is 6.18 Å². The fourth-order valence-corrected chi connectivity index (χ4v) is 2.46. The number of nitrogens with one attached hydrogen (secondary N) is 2. The van der Waals surface area contributed by atoms with Crippen LogP contribution in [0.5, 0.6) is 0 Å². The first-order valence-electron chi connectivity index (χ1n) is 8.08. The van der Waals surface area contributed by atoms with E-state index in [1.54, 1.807) is 0 Å². The summed E-state index contributed by atoms with van der Waals surface area (Å²) in [5.74, 6) is 0.565. The van der Waals surface area contributed by atoms with E-state index in [1.165, 1.54) is 0 Å². The fraction of sp³-hybridized carbons (Fsp3) is 0.733. The number of nitrogens with zero attached hydrogens (tertiary/aromatic N) is 2. The summed E-state index contributed by atoms with van der Waals surface area (Å²) < 4.78 is 43.0. The number of hydrogen-bond acceptors (Lipinski definition) is 4. The van der Waals surface area contributed by atoms with Crippen molar-refractivity contribution in [3.8, 4) is 0 Å². The van der Waals surface area contributed by atoms with Gasteiger partial charge in [0.15, 0.2) is 11.7 Å². The highest BCUT2D eigenvalue weighted by atomic mass is 32.1. The number of ether oxygens (including phenoxy) is 1. The molecule has 2 N–H and O–H groups in total. The summed E-state index contributed by atoms with van der Waals surface area (Å²) in [6.07, 6.45) is -1.39. The van der Waals surface area contributed by atoms with Crippen molar-refractivity contribution in [2.75, 3.05) is 26.3 Å². The molecule has 1 aromatic rings. The lowest BCUT2D eigenvalue weighted by Crippen LogP contribution is -2.38. The van der Waals surface area contributed by atoms with Crippen LogP contribution in [0.25, 0.3) is 0 Å². The van der Waals surface area contributed by atoms with Crippen LogP contribution < -0.4 is 10.6 Å². The Balaban J connectivity index is 2.38. The van der Waals surface area contributed by atoms with Gasteiger partial charge in [0.25, 0.3) is 0 Å². The van der Waals surface area contributed by atoms with Crippen molar-refractivity contribution in [1.82, 2.24) is 15.6 Å². The van der Waals surface area contributed by atoms with Crippen molar-refractivity contribution in [2.45, 2.75) is 45.8 Å². The molecule has 0 aromatic carbocycles. The molecule has 0 atom stereocenters. The van der Waals surface area contributed by atoms with E-state index in [-0.39, 0.29) is 6.54 Å². The van der Waals surface area contributed by atoms with Crippen LogP contribution in [0, 0.1) is 0 Å². The number of unbranched alkanes of at least 4 members (excludes halogenated alkanes) is 1. The number of guanidine groups is 1. The van der Waals surface area contributed by atoms with Gasteiger partial charge in [-0.15, -0.1) is 11.3 Å². The van der Waals surface area contributed by atoms with Crippen LogP contribution >= 0.6 is 11.3 Å². The third kappa shape index (κ3) is 8.49. The maximum absolute atomic E-state index is 12.5. The topological polar surface area (TPSA) is 58.5 Å². The van der Waals surface area contributed by atoms with Gasteiger partial charge in [0.05, 0.1) is 6.54 Å². The van der Waals surface area contributed by atoms with E-state index in [9.17, 15) is 13.2 Å². The maximum atomic E-state index is 12.5. The van der Waals surface area contributed by atoms with Gasteiger partial charge in [0, 0.05) is 31.7 Å². The molecule has 0 saturated heterocycles. The SMILES string of the molecule is CCCCOCCCNC(=NCc1nc(C(F)(F)F)cs1)NCC. The standard InChI is InChI=1S/C15H25F3N4OS/c1-3-5-8-23-9-6-7-20-14(19-4-2)21-10-13-22-12(11-24-13)15(16,17)18/h11H,3-10H2,1-2H3,(H2,19,20,21). The van der Waals surface area contributed by atoms with Crippen LogP contribution in [0.4, 0.5) is 13.2 Å². The van der Waals surface area contributed by atoms with Crippen molar-refractivity contribution in [1.29, 1.82) is 0 Å². The third-order valence-corrected chi connectivity index (χ3v) is 3.79. The first-order chi connectivity index (χ1) is 11.5. The summed E-state index contributed by atoms with van der Waals surface area (Å²) in [5, 5.41) is 7.53. The first-order valence-corrected chi connectivity index (χ1v) is 8.96. The molecule has 0 spiro atoms. The Morgan fingerprint density at radius 3 is 2.62 bits per heavy atom. The van der Waals surface area contributed by atoms with E-state index in [2.05, 4.69) is 27.5 Å². The number of thiazole rings is 1. The number of rotatable bonds is 10. The van der Waals surface area contributed by atoms with Crippen molar-refractivity contribution >= 4 is 17.3 Å². The number of halogens is 3. The van der Waals surface area contributed by atoms with Crippen molar-refractivity contribution in [3.63, 3.8) is 0 Å². The normalized spacial score (nSPS) is 12.5. The highest BCUT2D eigenvalue weighted by Crippen LogP contribution is 2.30. The minimum absolute atomic E-state index is 0.114. The Morgan fingerprint density at radius 2 is 2.00 bits per heavy atom. The summed E-state index contributed by atoms with van der Waals surface area (Å²) in [7, 11) is 0. The van der Waals surface area contributed by atoms with Crippen molar-refractivity contribution < 1.29 is 17.9 Å². The average Bonchev–Trinajstić information content (AvgIpc) is 3.01. The molecule has 138 valence electrons. The van der Waals surface area contributed by atoms with Crippen molar-refractivity contribution in [2.24, 2.45) is 4.99 Å². The predicted octanol–water partition coefficient (Wildman–Crippen LogP) is 3.42. The van der Waals surface area contributed by atoms with E-state index in [4.69, 9.17) is 4.74 Å². The summed E-state index contributed by atoms with van der Waals surface area (Å²) >= 11 is 0.962. The zero-order chi connectivity index (χ0) is 17.8. The van der Waals surface area contributed by atoms with Gasteiger partial charge in [-0.2, -0.15) is 13.2 Å². The molecule has 0 radical (unpaired) electrons. The summed E-state index contributed by atoms with van der Waals surface area (Å²) in [5.41, 5.74) is -0.861. The largest absolute Gasteiger partial charge is 0.434 e. The monoisotopic (exact) mass is 366 g/mol. The Bertz CT molecular complexity index is 491. The molecule has 5 nitrogen and oxygen atoms in total. The van der Waals surface area contributed by atoms with Gasteiger partial charge in [-0.3, -0.25) is 0 Å². The minimum atomic E-state index is -4.40. The van der Waals surface area contributed by atoms with E-state index in [0.717, 1.165) is 42.6 Å². The fourth-order valence-electron chi connectivity index (χ4n) is 1.73. The third-order valence-electron chi connectivity index (χ3n) is 2.96. The molecule has 0 fully saturated rings. The minimum Gasteiger partial charge on any atom is -0.381 e. The Labute approximate surface area is 144 Å². The maximum Gasteiger partial charge on any atom is 0.434 e. The number of alkyl halides is 3. The quantitative estimate of drug-likeness (QED) is 0.378. The summed E-state index contributed by atoms with van der Waals surface area (Å²) in [6.45, 7) is 6.96. The zero-order valence-corrected chi connectivity index (χ0v) is 14.9. The summed E-state index contributed by atoms with van der Waals surface area (Å²) in [6, 6.07) is 0. The van der Waals surface area contributed by atoms with E-state index >= 15 is 0 Å². The molecule has 9 heteroatoms. The molecule has 0 saturated carbocycles. The number of aliphatic imine (C=N–C) groups is 1. The van der Waals surface area contributed by atoms with Crippen LogP contribution in [0.15, 0.2) is 10.4 Å². The summed E-state index contributed by atoms with van der Waals surface area (Å²) in [4.78, 5) is 7.82. The lowest BCUT2D eigenvalue weighted by atomic mass is 10.4. The molecule has 0 aliphatic rings. The van der Waals surface area contributed by atoms with Crippen LogP contribution in [0.3, 0.4) is 0 Å². The van der Waals surface area contributed by atoms with Gasteiger partial charge in [-0.1, -0.05) is 13.3 Å². The Morgan fingerprint density at radius 1 is 1.25 bits per heavy atom. The number of aromatic nitrogens is 1. The Kier molecular flexibility index (Phi) is 9.70. The van der Waals surface area contributed by atoms with Crippen LogP contribution in [0.1, 0.15) is 43.8 Å². The molecule has 0 unspecified atom stereocenters. The van der Waals surface area contributed by atoms with Crippen LogP contribution in [-0.2, 0) is 17.5 Å². The molecule has 1 aromatic heterocycles. The molecule has 0 aliphatic heterocycles. The van der Waals surface area contributed by atoms with Gasteiger partial charge < -0.3 is 15.4 Å². The molecule has 0 amide bonds. The van der Waals surface area contributed by atoms with Crippen molar-refractivity contribution in [3.05, 3.63) is 16.1 Å². The second-order valence-electron chi connectivity index (χ2n) is 5.07. The Hall–Kier alpha value is -1.35. The second-order valence-corrected chi connectivity index (χ2v) is 6.01. The molecule has 0 bridgehead atoms. The van der Waals surface area contributed by atoms with Gasteiger partial charge in [-0.25, -0.2) is 9.98 Å². The molecule has 24 heavy (non-hydrogen) atoms. The molecule has 1 rings (SSSR count). The van der Waals surface area contributed by atoms with Crippen LogP contribution in [0.2, 0.25) is 0 Å². The van der Waals surface area contributed by atoms with E-state index < -0.39 is 11.9 Å². The van der Waals surface area contributed by atoms with E-state index in [1.807, 2.05) is 6.92 Å². The van der Waals surface area contributed by atoms with Crippen LogP contribution in [-0.4, -0.2) is 37.2 Å². The number of hydrogen-bond donors (Lipinski definition) is 2. The van der Waals surface area contributed by atoms with E-state index in [0.29, 0.717) is 30.7 Å². The highest BCUT2D eigenvalue weighted by Gasteiger charge is 2.33. The molecule has 0 aliphatic carbocycles. The average molecular weight is 366 g/mol. The molecular weight excluding hydrogens is 341 g/mol. The smallest absolute Gasteiger partial charge is 0.381 e. The van der Waals surface area contributed by atoms with Gasteiger partial charge in [0.1, 0.15) is 5.01 Å². The molecular formula is C15H25F3N4OS. The lowest BCUT2D eigenvalue weighted by molar-refractivity contribution is -0.140. The second kappa shape index (κ2) is 11.2. The zero-order valence-electron chi connectivity index (χ0n) is 14.1. The first kappa shape index (κ1) is 20.7. The van der Waals surface area contributed by atoms with Gasteiger partial charge in [-0.05, 0) is 19.8 Å². The highest BCUT2D eigenvalue weighted by molar-refractivity contribution is 7.09. The molecule has 1 heterocycles. The lowest BCUT2D eigenvalue weighted by Gasteiger charge is -2.11. The van der Waals surface area contributed by atoms with Gasteiger partial charge in [0.2, 0.25) is 0 Å².